The molecule has 178 valence electrons. The third-order valence-electron chi connectivity index (χ3n) is 6.02. The second-order valence-electron chi connectivity index (χ2n) is 8.69. The second kappa shape index (κ2) is 9.31. The standard InChI is InChI=1S/C27H25N3O4S/c1-15(2)21-10-5-6-11-23(21)29-16(3)12-19(17(29)4)14-22-24(31)28-27(35)30(25(22)32)20-9-7-8-18(13-20)26(33)34/h5-15H,1-4H3,(H,33,34)(H,28,31,35). The number of benzene rings is 2. The molecule has 1 aromatic heterocycles. The maximum absolute atomic E-state index is 13.4. The van der Waals surface area contributed by atoms with Crippen LogP contribution in [0.5, 0.6) is 0 Å². The van der Waals surface area contributed by atoms with E-state index in [4.69, 9.17) is 12.2 Å². The van der Waals surface area contributed by atoms with E-state index in [9.17, 15) is 19.5 Å². The zero-order valence-corrected chi connectivity index (χ0v) is 20.6. The lowest BCUT2D eigenvalue weighted by atomic mass is 10.0. The van der Waals surface area contributed by atoms with Crippen LogP contribution < -0.4 is 10.2 Å². The third-order valence-corrected chi connectivity index (χ3v) is 6.31. The zero-order valence-electron chi connectivity index (χ0n) is 19.8. The van der Waals surface area contributed by atoms with E-state index in [0.717, 1.165) is 27.5 Å². The van der Waals surface area contributed by atoms with Crippen LogP contribution in [0.1, 0.15) is 52.6 Å². The molecule has 0 saturated carbocycles. The van der Waals surface area contributed by atoms with Gasteiger partial charge in [-0.2, -0.15) is 0 Å². The van der Waals surface area contributed by atoms with Gasteiger partial charge in [0.25, 0.3) is 11.8 Å². The number of rotatable bonds is 5. The topological polar surface area (TPSA) is 91.6 Å². The highest BCUT2D eigenvalue weighted by atomic mass is 32.1. The Hall–Kier alpha value is -4.04. The van der Waals surface area contributed by atoms with E-state index in [-0.39, 0.29) is 21.9 Å². The van der Waals surface area contributed by atoms with Crippen molar-refractivity contribution in [2.75, 3.05) is 4.90 Å². The molecule has 2 amide bonds. The minimum absolute atomic E-state index is 0.00731. The van der Waals surface area contributed by atoms with Crippen LogP contribution in [0.2, 0.25) is 0 Å². The number of amides is 2. The summed E-state index contributed by atoms with van der Waals surface area (Å²) >= 11 is 5.24. The van der Waals surface area contributed by atoms with Crippen molar-refractivity contribution >= 4 is 46.9 Å². The van der Waals surface area contributed by atoms with Crippen LogP contribution in [0.3, 0.4) is 0 Å². The van der Waals surface area contributed by atoms with E-state index in [2.05, 4.69) is 35.9 Å². The predicted molar refractivity (Wildman–Crippen MR) is 139 cm³/mol. The summed E-state index contributed by atoms with van der Waals surface area (Å²) in [6, 6.07) is 15.9. The fourth-order valence-electron chi connectivity index (χ4n) is 4.31. The van der Waals surface area contributed by atoms with Gasteiger partial charge < -0.3 is 9.67 Å². The van der Waals surface area contributed by atoms with Gasteiger partial charge >= 0.3 is 5.97 Å². The highest BCUT2D eigenvalue weighted by Gasteiger charge is 2.35. The molecule has 2 N–H and O–H groups in total. The zero-order chi connectivity index (χ0) is 25.4. The van der Waals surface area contributed by atoms with Gasteiger partial charge in [-0.1, -0.05) is 38.1 Å². The van der Waals surface area contributed by atoms with Gasteiger partial charge in [0.15, 0.2) is 5.11 Å². The number of nitrogens with zero attached hydrogens (tertiary/aromatic N) is 2. The van der Waals surface area contributed by atoms with Crippen molar-refractivity contribution in [1.29, 1.82) is 0 Å². The van der Waals surface area contributed by atoms with Crippen LogP contribution in [-0.4, -0.2) is 32.6 Å². The van der Waals surface area contributed by atoms with Crippen molar-refractivity contribution in [2.24, 2.45) is 0 Å². The number of aromatic carboxylic acids is 1. The van der Waals surface area contributed by atoms with Crippen molar-refractivity contribution < 1.29 is 19.5 Å². The average molecular weight is 488 g/mol. The molecule has 1 aliphatic heterocycles. The molecule has 35 heavy (non-hydrogen) atoms. The lowest BCUT2D eigenvalue weighted by Gasteiger charge is -2.29. The van der Waals surface area contributed by atoms with E-state index in [1.807, 2.05) is 32.0 Å². The Kier molecular flexibility index (Phi) is 6.41. The summed E-state index contributed by atoms with van der Waals surface area (Å²) in [4.78, 5) is 38.7. The van der Waals surface area contributed by atoms with Crippen LogP contribution in [0.15, 0.2) is 60.2 Å². The van der Waals surface area contributed by atoms with E-state index in [0.29, 0.717) is 5.92 Å². The Labute approximate surface area is 208 Å². The Balaban J connectivity index is 1.79. The van der Waals surface area contributed by atoms with Crippen LogP contribution in [-0.2, 0) is 9.59 Å². The lowest BCUT2D eigenvalue weighted by molar-refractivity contribution is -0.122. The maximum atomic E-state index is 13.4. The number of aromatic nitrogens is 1. The largest absolute Gasteiger partial charge is 0.478 e. The van der Waals surface area contributed by atoms with Crippen LogP contribution >= 0.6 is 12.2 Å². The number of carboxylic acid groups (broad SMARTS) is 1. The Morgan fingerprint density at radius 2 is 1.77 bits per heavy atom. The summed E-state index contributed by atoms with van der Waals surface area (Å²) in [5, 5.41) is 11.8. The van der Waals surface area contributed by atoms with E-state index >= 15 is 0 Å². The van der Waals surface area contributed by atoms with Gasteiger partial charge in [0.1, 0.15) is 5.57 Å². The fraction of sp³-hybridized carbons (Fsp3) is 0.185. The van der Waals surface area contributed by atoms with Gasteiger partial charge in [0, 0.05) is 17.1 Å². The smallest absolute Gasteiger partial charge is 0.335 e. The second-order valence-corrected chi connectivity index (χ2v) is 9.08. The highest BCUT2D eigenvalue weighted by molar-refractivity contribution is 7.80. The van der Waals surface area contributed by atoms with Gasteiger partial charge in [-0.05, 0) is 79.5 Å². The van der Waals surface area contributed by atoms with Gasteiger partial charge in [-0.3, -0.25) is 19.8 Å². The molecule has 4 rings (SSSR count). The van der Waals surface area contributed by atoms with Crippen molar-refractivity contribution in [3.8, 4) is 5.69 Å². The molecule has 0 spiro atoms. The number of para-hydroxylation sites is 1. The van der Waals surface area contributed by atoms with Gasteiger partial charge in [0.05, 0.1) is 11.3 Å². The van der Waals surface area contributed by atoms with Crippen molar-refractivity contribution in [3.63, 3.8) is 0 Å². The Bertz CT molecular complexity index is 1420. The number of anilines is 1. The summed E-state index contributed by atoms with van der Waals surface area (Å²) < 4.78 is 2.12. The molecule has 0 atom stereocenters. The molecule has 2 heterocycles. The first-order valence-corrected chi connectivity index (χ1v) is 11.5. The number of carboxylic acids is 1. The minimum atomic E-state index is -1.13. The fourth-order valence-corrected chi connectivity index (χ4v) is 4.59. The highest BCUT2D eigenvalue weighted by Crippen LogP contribution is 2.30. The SMILES string of the molecule is Cc1cc(C=C2C(=O)NC(=S)N(c3cccc(C(=O)O)c3)C2=O)c(C)n1-c1ccccc1C(C)C. The number of carbonyl (C=O) groups excluding carboxylic acids is 2. The summed E-state index contributed by atoms with van der Waals surface area (Å²) in [5.74, 6) is -2.03. The summed E-state index contributed by atoms with van der Waals surface area (Å²) in [6.45, 7) is 8.20. The first-order valence-electron chi connectivity index (χ1n) is 11.1. The molecule has 0 aliphatic carbocycles. The first kappa shape index (κ1) is 24.1. The number of aryl methyl sites for hydroxylation is 1. The molecule has 3 aromatic rings. The van der Waals surface area contributed by atoms with E-state index in [1.54, 1.807) is 12.1 Å². The lowest BCUT2D eigenvalue weighted by Crippen LogP contribution is -2.54. The number of hydrogen-bond donors (Lipinski definition) is 2. The molecule has 1 saturated heterocycles. The van der Waals surface area contributed by atoms with Crippen molar-refractivity contribution in [3.05, 3.63) is 88.2 Å². The summed E-state index contributed by atoms with van der Waals surface area (Å²) in [5.41, 5.74) is 5.01. The van der Waals surface area contributed by atoms with Crippen LogP contribution in [0.4, 0.5) is 5.69 Å². The molecular formula is C27H25N3O4S. The first-order chi connectivity index (χ1) is 16.6. The molecule has 1 fully saturated rings. The normalized spacial score (nSPS) is 15.2. The summed E-state index contributed by atoms with van der Waals surface area (Å²) in [7, 11) is 0. The molecule has 7 nitrogen and oxygen atoms in total. The van der Waals surface area contributed by atoms with Crippen LogP contribution in [0.25, 0.3) is 11.8 Å². The van der Waals surface area contributed by atoms with E-state index < -0.39 is 17.8 Å². The third kappa shape index (κ3) is 4.40. The Morgan fingerprint density at radius 3 is 2.46 bits per heavy atom. The van der Waals surface area contributed by atoms with Gasteiger partial charge in [-0.25, -0.2) is 4.79 Å². The van der Waals surface area contributed by atoms with Crippen molar-refractivity contribution in [2.45, 2.75) is 33.6 Å². The summed E-state index contributed by atoms with van der Waals surface area (Å²) in [6.07, 6.45) is 1.56. The molecule has 8 heteroatoms. The molecule has 0 radical (unpaired) electrons. The van der Waals surface area contributed by atoms with Crippen molar-refractivity contribution in [1.82, 2.24) is 9.88 Å². The number of thiocarbonyl (C=S) groups is 1. The van der Waals surface area contributed by atoms with Gasteiger partial charge in [-0.15, -0.1) is 0 Å². The Morgan fingerprint density at radius 1 is 1.06 bits per heavy atom. The number of hydrogen-bond acceptors (Lipinski definition) is 4. The quantitative estimate of drug-likeness (QED) is 0.308. The molecule has 0 bridgehead atoms. The predicted octanol–water partition coefficient (Wildman–Crippen LogP) is 4.75. The number of carbonyl (C=O) groups is 3. The molecular weight excluding hydrogens is 462 g/mol. The van der Waals surface area contributed by atoms with Gasteiger partial charge in [0.2, 0.25) is 0 Å². The monoisotopic (exact) mass is 487 g/mol. The molecule has 0 unspecified atom stereocenters. The molecule has 1 aliphatic rings. The van der Waals surface area contributed by atoms with E-state index in [1.165, 1.54) is 23.8 Å². The maximum Gasteiger partial charge on any atom is 0.335 e. The number of nitrogens with one attached hydrogen (secondary N) is 1. The van der Waals surface area contributed by atoms with Crippen LogP contribution in [0, 0.1) is 13.8 Å². The average Bonchev–Trinajstić information content (AvgIpc) is 3.09. The molecule has 2 aromatic carbocycles. The minimum Gasteiger partial charge on any atom is -0.478 e.